The fourth-order valence-corrected chi connectivity index (χ4v) is 1.84. The molecule has 0 spiro atoms. The van der Waals surface area contributed by atoms with Crippen LogP contribution in [0.15, 0.2) is 40.1 Å². The van der Waals surface area contributed by atoms with Gasteiger partial charge in [0.05, 0.1) is 23.2 Å². The van der Waals surface area contributed by atoms with Crippen LogP contribution in [0, 0.1) is 0 Å². The van der Waals surface area contributed by atoms with Gasteiger partial charge >= 0.3 is 0 Å². The largest absolute Gasteiger partial charge is 0.369 e. The van der Waals surface area contributed by atoms with Crippen molar-refractivity contribution in [1.82, 2.24) is 9.88 Å². The summed E-state index contributed by atoms with van der Waals surface area (Å²) in [5.74, 6) is 0. The normalized spacial score (nSPS) is 10.9. The first-order valence-electron chi connectivity index (χ1n) is 4.95. The van der Waals surface area contributed by atoms with E-state index < -0.39 is 0 Å². The monoisotopic (exact) mass is 231 g/mol. The molecule has 0 amide bonds. The fraction of sp³-hybridized carbons (Fsp3) is 0.167. The highest BCUT2D eigenvalue weighted by Crippen LogP contribution is 2.23. The summed E-state index contributed by atoms with van der Waals surface area (Å²) in [5, 5.41) is 2.04. The van der Waals surface area contributed by atoms with Gasteiger partial charge in [0.15, 0.2) is 0 Å². The van der Waals surface area contributed by atoms with Gasteiger partial charge in [0.1, 0.15) is 0 Å². The molecule has 0 radical (unpaired) electrons. The molecule has 3 nitrogen and oxygen atoms in total. The third-order valence-electron chi connectivity index (χ3n) is 2.01. The minimum absolute atomic E-state index is 0.944. The molecular formula is C12H13N3S. The van der Waals surface area contributed by atoms with E-state index in [1.807, 2.05) is 54.2 Å². The second-order valence-electron chi connectivity index (χ2n) is 3.63. The van der Waals surface area contributed by atoms with E-state index in [0.717, 1.165) is 16.9 Å². The maximum Gasteiger partial charge on any atom is 0.0907 e. The van der Waals surface area contributed by atoms with Crippen molar-refractivity contribution in [3.63, 3.8) is 0 Å². The van der Waals surface area contributed by atoms with Crippen LogP contribution in [0.3, 0.4) is 0 Å². The summed E-state index contributed by atoms with van der Waals surface area (Å²) in [4.78, 5) is 10.5. The van der Waals surface area contributed by atoms with Crippen molar-refractivity contribution < 1.29 is 0 Å². The molecule has 0 saturated heterocycles. The SMILES string of the molecule is CN(C)C=Nc1cccc(-c2cscn2)c1. The highest BCUT2D eigenvalue weighted by Gasteiger charge is 1.99. The zero-order valence-electron chi connectivity index (χ0n) is 9.29. The van der Waals surface area contributed by atoms with Crippen molar-refractivity contribution in [2.75, 3.05) is 14.1 Å². The average Bonchev–Trinajstić information content (AvgIpc) is 2.80. The number of rotatable bonds is 3. The summed E-state index contributed by atoms with van der Waals surface area (Å²) in [7, 11) is 3.90. The van der Waals surface area contributed by atoms with E-state index in [1.165, 1.54) is 0 Å². The molecule has 0 fully saturated rings. The lowest BCUT2D eigenvalue weighted by molar-refractivity contribution is 0.643. The van der Waals surface area contributed by atoms with Crippen molar-refractivity contribution in [3.05, 3.63) is 35.2 Å². The van der Waals surface area contributed by atoms with Crippen molar-refractivity contribution in [3.8, 4) is 11.3 Å². The number of benzene rings is 1. The quantitative estimate of drug-likeness (QED) is 0.600. The molecule has 16 heavy (non-hydrogen) atoms. The molecule has 1 heterocycles. The van der Waals surface area contributed by atoms with Crippen molar-refractivity contribution in [2.24, 2.45) is 4.99 Å². The van der Waals surface area contributed by atoms with Gasteiger partial charge in [-0.2, -0.15) is 0 Å². The van der Waals surface area contributed by atoms with E-state index in [2.05, 4.69) is 9.98 Å². The van der Waals surface area contributed by atoms with E-state index in [-0.39, 0.29) is 0 Å². The minimum atomic E-state index is 0.944. The summed E-state index contributed by atoms with van der Waals surface area (Å²) in [6.07, 6.45) is 1.79. The van der Waals surface area contributed by atoms with Gasteiger partial charge in [-0.25, -0.2) is 9.98 Å². The highest BCUT2D eigenvalue weighted by molar-refractivity contribution is 7.07. The lowest BCUT2D eigenvalue weighted by atomic mass is 10.1. The molecule has 82 valence electrons. The van der Waals surface area contributed by atoms with E-state index in [1.54, 1.807) is 17.7 Å². The highest BCUT2D eigenvalue weighted by atomic mass is 32.1. The van der Waals surface area contributed by atoms with Crippen molar-refractivity contribution >= 4 is 23.4 Å². The molecule has 0 bridgehead atoms. The van der Waals surface area contributed by atoms with Crippen LogP contribution in [0.5, 0.6) is 0 Å². The van der Waals surface area contributed by atoms with Crippen molar-refractivity contribution in [1.29, 1.82) is 0 Å². The average molecular weight is 231 g/mol. The van der Waals surface area contributed by atoms with Crippen LogP contribution in [-0.2, 0) is 0 Å². The molecule has 0 saturated carbocycles. The van der Waals surface area contributed by atoms with Gasteiger partial charge in [-0.3, -0.25) is 0 Å². The Hall–Kier alpha value is -1.68. The lowest BCUT2D eigenvalue weighted by Gasteiger charge is -2.03. The summed E-state index contributed by atoms with van der Waals surface area (Å²) >= 11 is 1.60. The number of nitrogens with zero attached hydrogens (tertiary/aromatic N) is 3. The maximum absolute atomic E-state index is 4.35. The molecule has 4 heteroatoms. The Kier molecular flexibility index (Phi) is 3.31. The van der Waals surface area contributed by atoms with Crippen LogP contribution < -0.4 is 0 Å². The molecule has 0 atom stereocenters. The van der Waals surface area contributed by atoms with Crippen LogP contribution in [0.1, 0.15) is 0 Å². The number of thiazole rings is 1. The summed E-state index contributed by atoms with van der Waals surface area (Å²) in [6.45, 7) is 0. The van der Waals surface area contributed by atoms with Gasteiger partial charge < -0.3 is 4.90 Å². The molecule has 0 aliphatic rings. The summed E-state index contributed by atoms with van der Waals surface area (Å²) in [6, 6.07) is 8.06. The van der Waals surface area contributed by atoms with Gasteiger partial charge in [0.2, 0.25) is 0 Å². The molecule has 2 rings (SSSR count). The molecule has 0 N–H and O–H groups in total. The standard InChI is InChI=1S/C12H13N3S/c1-15(2)8-13-11-5-3-4-10(6-11)12-7-16-9-14-12/h3-9H,1-2H3. The maximum atomic E-state index is 4.35. The topological polar surface area (TPSA) is 28.5 Å². The first kappa shape index (κ1) is 10.8. The third-order valence-corrected chi connectivity index (χ3v) is 2.60. The molecule has 0 unspecified atom stereocenters. The Balaban J connectivity index is 2.27. The second-order valence-corrected chi connectivity index (χ2v) is 4.35. The van der Waals surface area contributed by atoms with E-state index in [0.29, 0.717) is 0 Å². The van der Waals surface area contributed by atoms with Gasteiger partial charge in [0.25, 0.3) is 0 Å². The first-order chi connectivity index (χ1) is 7.75. The summed E-state index contributed by atoms with van der Waals surface area (Å²) in [5.41, 5.74) is 4.89. The Labute approximate surface area is 99.1 Å². The first-order valence-corrected chi connectivity index (χ1v) is 5.89. The zero-order chi connectivity index (χ0) is 11.4. The fourth-order valence-electron chi connectivity index (χ4n) is 1.28. The van der Waals surface area contributed by atoms with Crippen LogP contribution in [0.25, 0.3) is 11.3 Å². The predicted molar refractivity (Wildman–Crippen MR) is 69.4 cm³/mol. The predicted octanol–water partition coefficient (Wildman–Crippen LogP) is 3.03. The number of hydrogen-bond acceptors (Lipinski definition) is 3. The summed E-state index contributed by atoms with van der Waals surface area (Å²) < 4.78 is 0. The Bertz CT molecular complexity index is 475. The van der Waals surface area contributed by atoms with E-state index in [9.17, 15) is 0 Å². The van der Waals surface area contributed by atoms with E-state index >= 15 is 0 Å². The van der Waals surface area contributed by atoms with Gasteiger partial charge in [-0.1, -0.05) is 12.1 Å². The Morgan fingerprint density at radius 2 is 2.25 bits per heavy atom. The van der Waals surface area contributed by atoms with Crippen LogP contribution in [0.4, 0.5) is 5.69 Å². The van der Waals surface area contributed by atoms with Gasteiger partial charge in [-0.05, 0) is 12.1 Å². The van der Waals surface area contributed by atoms with Crippen LogP contribution >= 0.6 is 11.3 Å². The minimum Gasteiger partial charge on any atom is -0.369 e. The molecule has 1 aromatic carbocycles. The van der Waals surface area contributed by atoms with Crippen molar-refractivity contribution in [2.45, 2.75) is 0 Å². The molecule has 0 aliphatic heterocycles. The Morgan fingerprint density at radius 3 is 2.94 bits per heavy atom. The van der Waals surface area contributed by atoms with Crippen LogP contribution in [-0.4, -0.2) is 30.3 Å². The molecule has 2 aromatic rings. The number of aliphatic imine (C=N–C) groups is 1. The smallest absolute Gasteiger partial charge is 0.0907 e. The van der Waals surface area contributed by atoms with Gasteiger partial charge in [-0.15, -0.1) is 11.3 Å². The van der Waals surface area contributed by atoms with E-state index in [4.69, 9.17) is 0 Å². The molecular weight excluding hydrogens is 218 g/mol. The number of hydrogen-bond donors (Lipinski definition) is 0. The second kappa shape index (κ2) is 4.90. The Morgan fingerprint density at radius 1 is 1.38 bits per heavy atom. The lowest BCUT2D eigenvalue weighted by Crippen LogP contribution is -2.06. The number of aromatic nitrogens is 1. The van der Waals surface area contributed by atoms with Gasteiger partial charge in [0, 0.05) is 25.0 Å². The van der Waals surface area contributed by atoms with Crippen LogP contribution in [0.2, 0.25) is 0 Å². The third kappa shape index (κ3) is 2.67. The molecule has 0 aliphatic carbocycles. The zero-order valence-corrected chi connectivity index (χ0v) is 10.1. The molecule has 1 aromatic heterocycles.